The number of esters is 1. The van der Waals surface area contributed by atoms with Gasteiger partial charge >= 0.3 is 5.97 Å². The molecule has 0 aromatic rings. The third-order valence-corrected chi connectivity index (χ3v) is 4.87. The normalized spacial score (nSPS) is 43.1. The van der Waals surface area contributed by atoms with Crippen molar-refractivity contribution in [3.05, 3.63) is 23.8 Å². The fraction of sp³-hybridized carbons (Fsp3) is 0.600. The molecule has 0 N–H and O–H groups in total. The van der Waals surface area contributed by atoms with Gasteiger partial charge in [0, 0.05) is 17.4 Å². The molecule has 0 aromatic carbocycles. The van der Waals surface area contributed by atoms with Crippen molar-refractivity contribution in [1.29, 1.82) is 0 Å². The van der Waals surface area contributed by atoms with E-state index in [1.165, 1.54) is 5.57 Å². The van der Waals surface area contributed by atoms with Gasteiger partial charge in [-0.05, 0) is 30.8 Å². The second kappa shape index (κ2) is 3.81. The molecular formula is C15H18O3. The number of hydrogen-bond acceptors (Lipinski definition) is 3. The summed E-state index contributed by atoms with van der Waals surface area (Å²) >= 11 is 0. The average molecular weight is 246 g/mol. The van der Waals surface area contributed by atoms with E-state index >= 15 is 0 Å². The predicted octanol–water partition coefficient (Wildman–Crippen LogP) is 2.28. The van der Waals surface area contributed by atoms with Crippen LogP contribution in [-0.4, -0.2) is 17.9 Å². The Morgan fingerprint density at radius 1 is 1.22 bits per heavy atom. The minimum absolute atomic E-state index is 0.0335. The Balaban J connectivity index is 1.96. The predicted molar refractivity (Wildman–Crippen MR) is 66.7 cm³/mol. The van der Waals surface area contributed by atoms with Crippen LogP contribution in [0.15, 0.2) is 23.8 Å². The van der Waals surface area contributed by atoms with Gasteiger partial charge in [-0.2, -0.15) is 0 Å². The van der Waals surface area contributed by atoms with Crippen molar-refractivity contribution in [3.8, 4) is 0 Å². The topological polar surface area (TPSA) is 43.4 Å². The molecule has 3 rings (SSSR count). The number of allylic oxidation sites excluding steroid dienone is 2. The largest absolute Gasteiger partial charge is 0.458 e. The van der Waals surface area contributed by atoms with Crippen LogP contribution in [0.1, 0.15) is 26.7 Å². The molecule has 2 aliphatic carbocycles. The highest BCUT2D eigenvalue weighted by Gasteiger charge is 2.47. The van der Waals surface area contributed by atoms with E-state index < -0.39 is 0 Å². The first-order chi connectivity index (χ1) is 8.49. The number of carbonyl (C=O) groups excluding carboxylic acids is 2. The average Bonchev–Trinajstić information content (AvgIpc) is 2.68. The van der Waals surface area contributed by atoms with E-state index in [0.29, 0.717) is 11.5 Å². The minimum atomic E-state index is -0.249. The first-order valence-electron chi connectivity index (χ1n) is 6.64. The van der Waals surface area contributed by atoms with Gasteiger partial charge in [-0.15, -0.1) is 0 Å². The molecule has 0 aromatic heterocycles. The molecule has 3 heteroatoms. The molecule has 1 heterocycles. The molecule has 1 saturated heterocycles. The standard InChI is InChI=1S/C15H18O3/c1-7-4-14-12(9(3)15(17)18-14)5-11-8(2)13(16)6-10(7)11/h6-8,11-12,14H,3-5H2,1-2H3/t7-,8+,11+,12+,14-/m0/s1. The first-order valence-corrected chi connectivity index (χ1v) is 6.64. The van der Waals surface area contributed by atoms with Gasteiger partial charge in [-0.3, -0.25) is 4.79 Å². The number of rotatable bonds is 0. The summed E-state index contributed by atoms with van der Waals surface area (Å²) < 4.78 is 5.40. The molecule has 3 nitrogen and oxygen atoms in total. The van der Waals surface area contributed by atoms with Crippen LogP contribution in [0, 0.1) is 23.7 Å². The van der Waals surface area contributed by atoms with Crippen molar-refractivity contribution in [2.24, 2.45) is 23.7 Å². The highest BCUT2D eigenvalue weighted by atomic mass is 16.6. The fourth-order valence-electron chi connectivity index (χ4n) is 3.67. The second-order valence-corrected chi connectivity index (χ2v) is 5.89. The van der Waals surface area contributed by atoms with Crippen molar-refractivity contribution in [3.63, 3.8) is 0 Å². The van der Waals surface area contributed by atoms with Crippen LogP contribution in [0.3, 0.4) is 0 Å². The monoisotopic (exact) mass is 246 g/mol. The van der Waals surface area contributed by atoms with Crippen molar-refractivity contribution in [2.75, 3.05) is 0 Å². The van der Waals surface area contributed by atoms with E-state index in [2.05, 4.69) is 13.5 Å². The van der Waals surface area contributed by atoms with Gasteiger partial charge in [-0.1, -0.05) is 26.0 Å². The first kappa shape index (κ1) is 11.7. The zero-order valence-corrected chi connectivity index (χ0v) is 10.8. The summed E-state index contributed by atoms with van der Waals surface area (Å²) in [6, 6.07) is 0. The molecule has 0 spiro atoms. The van der Waals surface area contributed by atoms with Gasteiger partial charge in [0.05, 0.1) is 0 Å². The molecule has 18 heavy (non-hydrogen) atoms. The number of hydrogen-bond donors (Lipinski definition) is 0. The van der Waals surface area contributed by atoms with Crippen molar-refractivity contribution < 1.29 is 14.3 Å². The maximum atomic E-state index is 11.8. The van der Waals surface area contributed by atoms with Crippen molar-refractivity contribution in [2.45, 2.75) is 32.8 Å². The van der Waals surface area contributed by atoms with Gasteiger partial charge < -0.3 is 4.74 Å². The molecule has 5 atom stereocenters. The third kappa shape index (κ3) is 1.49. The molecule has 3 aliphatic rings. The maximum Gasteiger partial charge on any atom is 0.334 e. The maximum absolute atomic E-state index is 11.8. The van der Waals surface area contributed by atoms with Crippen LogP contribution in [0.2, 0.25) is 0 Å². The Morgan fingerprint density at radius 3 is 2.67 bits per heavy atom. The lowest BCUT2D eigenvalue weighted by atomic mass is 9.81. The molecule has 0 amide bonds. The number of carbonyl (C=O) groups is 2. The van der Waals surface area contributed by atoms with Gasteiger partial charge in [0.15, 0.2) is 5.78 Å². The van der Waals surface area contributed by atoms with E-state index in [1.54, 1.807) is 0 Å². The molecule has 0 unspecified atom stereocenters. The van der Waals surface area contributed by atoms with Crippen molar-refractivity contribution >= 4 is 11.8 Å². The van der Waals surface area contributed by atoms with Crippen LogP contribution in [0.25, 0.3) is 0 Å². The summed E-state index contributed by atoms with van der Waals surface area (Å²) in [5.41, 5.74) is 1.85. The van der Waals surface area contributed by atoms with Crippen molar-refractivity contribution in [1.82, 2.24) is 0 Å². The lowest BCUT2D eigenvalue weighted by molar-refractivity contribution is -0.139. The Kier molecular flexibility index (Phi) is 2.47. The summed E-state index contributed by atoms with van der Waals surface area (Å²) in [5.74, 6) is 0.720. The zero-order valence-electron chi connectivity index (χ0n) is 10.8. The Bertz CT molecular complexity index is 474. The molecule has 96 valence electrons. The van der Waals surface area contributed by atoms with Gasteiger partial charge in [-0.25, -0.2) is 4.79 Å². The fourth-order valence-corrected chi connectivity index (χ4v) is 3.67. The zero-order chi connectivity index (χ0) is 13.0. The number of ether oxygens (including phenoxy) is 1. The van der Waals surface area contributed by atoms with E-state index in [0.717, 1.165) is 12.8 Å². The summed E-state index contributed by atoms with van der Waals surface area (Å²) in [7, 11) is 0. The Morgan fingerprint density at radius 2 is 1.94 bits per heavy atom. The minimum Gasteiger partial charge on any atom is -0.458 e. The molecule has 1 saturated carbocycles. The summed E-state index contributed by atoms with van der Waals surface area (Å²) in [6.45, 7) is 7.98. The van der Waals surface area contributed by atoms with Crippen LogP contribution in [0.4, 0.5) is 0 Å². The Hall–Kier alpha value is -1.38. The summed E-state index contributed by atoms with van der Waals surface area (Å²) in [4.78, 5) is 23.4. The molecule has 1 aliphatic heterocycles. The van der Waals surface area contributed by atoms with E-state index in [9.17, 15) is 9.59 Å². The van der Waals surface area contributed by atoms with E-state index in [1.807, 2.05) is 13.0 Å². The Labute approximate surface area is 107 Å². The quantitative estimate of drug-likeness (QED) is 0.486. The molecular weight excluding hydrogens is 228 g/mol. The lowest BCUT2D eigenvalue weighted by Gasteiger charge is -2.21. The number of fused-ring (bicyclic) bond motifs is 2. The molecule has 2 fully saturated rings. The summed E-state index contributed by atoms with van der Waals surface area (Å²) in [6.07, 6.45) is 3.44. The van der Waals surface area contributed by atoms with Gasteiger partial charge in [0.1, 0.15) is 6.10 Å². The smallest absolute Gasteiger partial charge is 0.334 e. The second-order valence-electron chi connectivity index (χ2n) is 5.89. The lowest BCUT2D eigenvalue weighted by Crippen LogP contribution is -2.20. The third-order valence-electron chi connectivity index (χ3n) is 4.87. The SMILES string of the molecule is C=C1C(=O)O[C@H]2C[C@H](C)C3=CC(=O)[C@H](C)[C@H]3C[C@H]12. The molecule has 0 radical (unpaired) electrons. The van der Waals surface area contributed by atoms with E-state index in [-0.39, 0.29) is 35.6 Å². The van der Waals surface area contributed by atoms with Crippen LogP contribution in [-0.2, 0) is 14.3 Å². The van der Waals surface area contributed by atoms with Crippen LogP contribution < -0.4 is 0 Å². The highest BCUT2D eigenvalue weighted by molar-refractivity contribution is 5.96. The van der Waals surface area contributed by atoms with Crippen LogP contribution in [0.5, 0.6) is 0 Å². The van der Waals surface area contributed by atoms with Gasteiger partial charge in [0.2, 0.25) is 0 Å². The molecule has 0 bridgehead atoms. The number of ketones is 1. The van der Waals surface area contributed by atoms with Gasteiger partial charge in [0.25, 0.3) is 0 Å². The highest BCUT2D eigenvalue weighted by Crippen LogP contribution is 2.48. The summed E-state index contributed by atoms with van der Waals surface area (Å²) in [5, 5.41) is 0. The van der Waals surface area contributed by atoms with Crippen LogP contribution >= 0.6 is 0 Å². The van der Waals surface area contributed by atoms with E-state index in [4.69, 9.17) is 4.74 Å².